The summed E-state index contributed by atoms with van der Waals surface area (Å²) < 4.78 is 7.63. The molecule has 0 aliphatic heterocycles. The Balaban J connectivity index is 1.96. The van der Waals surface area contributed by atoms with Gasteiger partial charge < -0.3 is 4.74 Å². The molecule has 3 nitrogen and oxygen atoms in total. The Morgan fingerprint density at radius 1 is 1.05 bits per heavy atom. The number of benzene rings is 2. The van der Waals surface area contributed by atoms with Crippen LogP contribution in [0.3, 0.4) is 0 Å². The lowest BCUT2D eigenvalue weighted by Gasteiger charge is -2.07. The van der Waals surface area contributed by atoms with Crippen LogP contribution in [0.25, 0.3) is 11.0 Å². The molecule has 0 spiro atoms. The first-order chi connectivity index (χ1) is 10.7. The van der Waals surface area contributed by atoms with Crippen LogP contribution in [0.4, 0.5) is 0 Å². The maximum Gasteiger partial charge on any atom is 0.281 e. The molecule has 0 aliphatic rings. The molecule has 0 atom stereocenters. The molecule has 3 rings (SSSR count). The zero-order valence-corrected chi connectivity index (χ0v) is 13.5. The van der Waals surface area contributed by atoms with Crippen molar-refractivity contribution in [2.75, 3.05) is 7.11 Å². The summed E-state index contributed by atoms with van der Waals surface area (Å²) in [4.78, 5) is 3.45. The number of para-hydroxylation sites is 2. The number of fused-ring (bicyclic) bond motifs is 1. The molecule has 0 aliphatic carbocycles. The summed E-state index contributed by atoms with van der Waals surface area (Å²) in [5.74, 6) is 1.66. The predicted molar refractivity (Wildman–Crippen MR) is 88.8 cm³/mol. The van der Waals surface area contributed by atoms with E-state index in [1.165, 1.54) is 16.6 Å². The summed E-state index contributed by atoms with van der Waals surface area (Å²) in [5, 5.41) is 0. The molecule has 3 aromatic rings. The Bertz CT molecular complexity index is 757. The number of aromatic nitrogens is 2. The second kappa shape index (κ2) is 6.32. The largest absolute Gasteiger partial charge is 0.372 e. The quantitative estimate of drug-likeness (QED) is 0.713. The highest BCUT2D eigenvalue weighted by Crippen LogP contribution is 2.16. The third-order valence-electron chi connectivity index (χ3n) is 4.07. The Labute approximate surface area is 131 Å². The molecule has 2 aromatic carbocycles. The van der Waals surface area contributed by atoms with Crippen LogP contribution in [0.5, 0.6) is 0 Å². The third-order valence-corrected chi connectivity index (χ3v) is 4.07. The summed E-state index contributed by atoms with van der Waals surface area (Å²) in [5.41, 5.74) is 5.04. The summed E-state index contributed by atoms with van der Waals surface area (Å²) in [6.45, 7) is 5.88. The highest BCUT2D eigenvalue weighted by molar-refractivity contribution is 5.71. The van der Waals surface area contributed by atoms with Gasteiger partial charge in [-0.25, -0.2) is 9.55 Å². The molecule has 1 heterocycles. The zero-order chi connectivity index (χ0) is 15.5. The van der Waals surface area contributed by atoms with Crippen molar-refractivity contribution in [1.82, 2.24) is 4.98 Å². The summed E-state index contributed by atoms with van der Waals surface area (Å²) >= 11 is 0. The zero-order valence-electron chi connectivity index (χ0n) is 13.5. The number of H-pyrrole nitrogens is 1. The summed E-state index contributed by atoms with van der Waals surface area (Å²) in [6.07, 6.45) is 0. The molecule has 0 amide bonds. The molecule has 0 bridgehead atoms. The van der Waals surface area contributed by atoms with E-state index in [2.05, 4.69) is 71.9 Å². The first-order valence-electron chi connectivity index (χ1n) is 7.76. The molecule has 114 valence electrons. The van der Waals surface area contributed by atoms with Crippen LogP contribution >= 0.6 is 0 Å². The van der Waals surface area contributed by atoms with Crippen molar-refractivity contribution < 1.29 is 9.30 Å². The molecular formula is C19H23N2O+. The number of rotatable bonds is 5. The Morgan fingerprint density at radius 2 is 1.77 bits per heavy atom. The predicted octanol–water partition coefficient (Wildman–Crippen LogP) is 3.77. The average Bonchev–Trinajstić information content (AvgIpc) is 2.86. The van der Waals surface area contributed by atoms with Crippen LogP contribution in [0.2, 0.25) is 0 Å². The van der Waals surface area contributed by atoms with Crippen molar-refractivity contribution in [3.8, 4) is 0 Å². The summed E-state index contributed by atoms with van der Waals surface area (Å²) in [7, 11) is 1.73. The van der Waals surface area contributed by atoms with Gasteiger partial charge in [-0.1, -0.05) is 50.2 Å². The first kappa shape index (κ1) is 14.8. The molecular weight excluding hydrogens is 272 g/mol. The number of nitrogens with zero attached hydrogens (tertiary/aromatic N) is 1. The molecule has 0 unspecified atom stereocenters. The van der Waals surface area contributed by atoms with Crippen molar-refractivity contribution in [3.05, 3.63) is 65.5 Å². The highest BCUT2D eigenvalue weighted by Gasteiger charge is 2.18. The molecule has 0 radical (unpaired) electrons. The fourth-order valence-corrected chi connectivity index (χ4v) is 2.80. The fraction of sp³-hybridized carbons (Fsp3) is 0.316. The molecule has 1 aromatic heterocycles. The van der Waals surface area contributed by atoms with Crippen molar-refractivity contribution in [2.45, 2.75) is 32.9 Å². The Kier molecular flexibility index (Phi) is 4.25. The van der Waals surface area contributed by atoms with Crippen molar-refractivity contribution in [2.24, 2.45) is 0 Å². The summed E-state index contributed by atoms with van der Waals surface area (Å²) in [6, 6.07) is 17.3. The molecule has 1 N–H and O–H groups in total. The van der Waals surface area contributed by atoms with Gasteiger partial charge in [0.15, 0.2) is 11.0 Å². The Morgan fingerprint density at radius 3 is 2.45 bits per heavy atom. The van der Waals surface area contributed by atoms with Gasteiger partial charge in [0.05, 0.1) is 0 Å². The third kappa shape index (κ3) is 2.90. The second-order valence-corrected chi connectivity index (χ2v) is 6.00. The minimum absolute atomic E-state index is 0.568. The van der Waals surface area contributed by atoms with Gasteiger partial charge in [0.1, 0.15) is 13.2 Å². The lowest BCUT2D eigenvalue weighted by molar-refractivity contribution is -0.672. The van der Waals surface area contributed by atoms with Gasteiger partial charge in [-0.3, -0.25) is 0 Å². The monoisotopic (exact) mass is 295 g/mol. The SMILES string of the molecule is COCc1[nH]c2ccccc2[n+]1Cc1ccc(C(C)C)cc1. The van der Waals surface area contributed by atoms with E-state index < -0.39 is 0 Å². The van der Waals surface area contributed by atoms with Crippen LogP contribution in [-0.2, 0) is 17.9 Å². The van der Waals surface area contributed by atoms with E-state index in [1.54, 1.807) is 7.11 Å². The maximum absolute atomic E-state index is 5.33. The number of ether oxygens (including phenoxy) is 1. The van der Waals surface area contributed by atoms with E-state index in [4.69, 9.17) is 4.74 Å². The Hall–Kier alpha value is -2.13. The van der Waals surface area contributed by atoms with E-state index in [1.807, 2.05) is 0 Å². The lowest BCUT2D eigenvalue weighted by atomic mass is 10.0. The van der Waals surface area contributed by atoms with Gasteiger partial charge in [0, 0.05) is 7.11 Å². The minimum atomic E-state index is 0.568. The van der Waals surface area contributed by atoms with E-state index in [0.29, 0.717) is 12.5 Å². The fourth-order valence-electron chi connectivity index (χ4n) is 2.80. The number of hydrogen-bond acceptors (Lipinski definition) is 1. The van der Waals surface area contributed by atoms with Crippen molar-refractivity contribution in [3.63, 3.8) is 0 Å². The molecule has 0 fully saturated rings. The van der Waals surface area contributed by atoms with Crippen LogP contribution in [0, 0.1) is 0 Å². The van der Waals surface area contributed by atoms with Crippen molar-refractivity contribution in [1.29, 1.82) is 0 Å². The van der Waals surface area contributed by atoms with Gasteiger partial charge in [-0.05, 0) is 29.2 Å². The molecule has 0 saturated carbocycles. The van der Waals surface area contributed by atoms with Crippen molar-refractivity contribution >= 4 is 11.0 Å². The van der Waals surface area contributed by atoms with Crippen LogP contribution < -0.4 is 4.57 Å². The van der Waals surface area contributed by atoms with Gasteiger partial charge in [-0.2, -0.15) is 0 Å². The van der Waals surface area contributed by atoms with E-state index >= 15 is 0 Å². The maximum atomic E-state index is 5.33. The van der Waals surface area contributed by atoms with E-state index in [0.717, 1.165) is 17.9 Å². The molecule has 22 heavy (non-hydrogen) atoms. The van der Waals surface area contributed by atoms with Crippen LogP contribution in [0.1, 0.15) is 36.7 Å². The van der Waals surface area contributed by atoms with E-state index in [-0.39, 0.29) is 0 Å². The normalized spacial score (nSPS) is 11.5. The highest BCUT2D eigenvalue weighted by atomic mass is 16.5. The number of nitrogens with one attached hydrogen (secondary N) is 1. The first-order valence-corrected chi connectivity index (χ1v) is 7.76. The smallest absolute Gasteiger partial charge is 0.281 e. The second-order valence-electron chi connectivity index (χ2n) is 6.00. The van der Waals surface area contributed by atoms with E-state index in [9.17, 15) is 0 Å². The average molecular weight is 295 g/mol. The van der Waals surface area contributed by atoms with Crippen LogP contribution in [-0.4, -0.2) is 12.1 Å². The number of aromatic amines is 1. The lowest BCUT2D eigenvalue weighted by Crippen LogP contribution is -2.37. The number of imidazole rings is 1. The standard InChI is InChI=1S/C19H22N2O/c1-14(2)16-10-8-15(9-11-16)12-21-18-7-5-4-6-17(18)20-19(21)13-22-3/h4-11,14H,12-13H2,1-3H3/p+1. The van der Waals surface area contributed by atoms with Gasteiger partial charge >= 0.3 is 0 Å². The molecule has 0 saturated heterocycles. The number of methoxy groups -OCH3 is 1. The molecule has 3 heteroatoms. The van der Waals surface area contributed by atoms with Crippen LogP contribution in [0.15, 0.2) is 48.5 Å². The topological polar surface area (TPSA) is 28.9 Å². The number of hydrogen-bond donors (Lipinski definition) is 1. The van der Waals surface area contributed by atoms with Gasteiger partial charge in [0.2, 0.25) is 0 Å². The van der Waals surface area contributed by atoms with Gasteiger partial charge in [0.25, 0.3) is 5.82 Å². The van der Waals surface area contributed by atoms with Gasteiger partial charge in [-0.15, -0.1) is 0 Å². The minimum Gasteiger partial charge on any atom is -0.372 e.